The van der Waals surface area contributed by atoms with Crippen LogP contribution in [0.15, 0.2) is 85.1 Å². The van der Waals surface area contributed by atoms with Crippen LogP contribution in [-0.4, -0.2) is 37.2 Å². The lowest BCUT2D eigenvalue weighted by Crippen LogP contribution is -2.30. The van der Waals surface area contributed by atoms with Crippen molar-refractivity contribution in [1.29, 1.82) is 0 Å². The molecule has 0 amide bonds. The monoisotopic (exact) mass is 1030 g/mol. The van der Waals surface area contributed by atoms with Gasteiger partial charge in [0.05, 0.1) is 0 Å². The van der Waals surface area contributed by atoms with Gasteiger partial charge in [-0.15, -0.1) is 0 Å². The van der Waals surface area contributed by atoms with Crippen LogP contribution in [0, 0.1) is 0 Å². The first kappa shape index (κ1) is 70.6. The average Bonchev–Trinajstić information content (AvgIpc) is 3.40. The van der Waals surface area contributed by atoms with Crippen molar-refractivity contribution in [2.24, 2.45) is 0 Å². The molecule has 0 fully saturated rings. The summed E-state index contributed by atoms with van der Waals surface area (Å²) >= 11 is 0. The fraction of sp³-hybridized carbons (Fsp3) is 0.750. The zero-order valence-corrected chi connectivity index (χ0v) is 48.8. The number of rotatable bonds is 57. The molecule has 0 saturated carbocycles. The number of carbonyl (C=O) groups excluding carboxylic acids is 3. The zero-order chi connectivity index (χ0) is 53.6. The highest BCUT2D eigenvalue weighted by Gasteiger charge is 2.19. The molecule has 6 heteroatoms. The Bertz CT molecular complexity index is 1420. The number of hydrogen-bond acceptors (Lipinski definition) is 6. The lowest BCUT2D eigenvalue weighted by atomic mass is 10.0. The summed E-state index contributed by atoms with van der Waals surface area (Å²) in [5, 5.41) is 0. The van der Waals surface area contributed by atoms with E-state index in [-0.39, 0.29) is 31.1 Å². The Balaban J connectivity index is 4.15. The molecule has 0 aliphatic heterocycles. The summed E-state index contributed by atoms with van der Waals surface area (Å²) in [6, 6.07) is 0. The minimum absolute atomic E-state index is 0.0766. The van der Waals surface area contributed by atoms with E-state index in [1.54, 1.807) is 0 Å². The van der Waals surface area contributed by atoms with Gasteiger partial charge in [-0.2, -0.15) is 0 Å². The third-order valence-electron chi connectivity index (χ3n) is 13.6. The number of ether oxygens (including phenoxy) is 3. The molecule has 0 bridgehead atoms. The third kappa shape index (κ3) is 59.5. The van der Waals surface area contributed by atoms with Gasteiger partial charge < -0.3 is 14.2 Å². The fourth-order valence-electron chi connectivity index (χ4n) is 8.91. The SMILES string of the molecule is CC/C=C\C/C=C\C/C=C\C/C=C\C/C=C\C/C=C\CCCCCCCCCCCCCCC(=O)OCC(COC(=O)CCCCCCCCCCC)OC(=O)CCCCCCC/C=C\CCCCCCCCC. The Kier molecular flexibility index (Phi) is 59.3. The summed E-state index contributed by atoms with van der Waals surface area (Å²) in [5.74, 6) is -0.879. The summed E-state index contributed by atoms with van der Waals surface area (Å²) in [5.41, 5.74) is 0. The predicted molar refractivity (Wildman–Crippen MR) is 321 cm³/mol. The fourth-order valence-corrected chi connectivity index (χ4v) is 8.91. The largest absolute Gasteiger partial charge is 0.462 e. The third-order valence-corrected chi connectivity index (χ3v) is 13.6. The van der Waals surface area contributed by atoms with E-state index in [0.717, 1.165) is 103 Å². The molecule has 6 nitrogen and oxygen atoms in total. The second kappa shape index (κ2) is 62.1. The Morgan fingerprint density at radius 2 is 0.527 bits per heavy atom. The van der Waals surface area contributed by atoms with Crippen molar-refractivity contribution in [2.75, 3.05) is 13.2 Å². The minimum atomic E-state index is -0.778. The van der Waals surface area contributed by atoms with Crippen LogP contribution in [0.3, 0.4) is 0 Å². The van der Waals surface area contributed by atoms with Crippen LogP contribution in [0.4, 0.5) is 0 Å². The van der Waals surface area contributed by atoms with Crippen LogP contribution in [0.1, 0.15) is 310 Å². The van der Waals surface area contributed by atoms with Gasteiger partial charge in [0.15, 0.2) is 6.10 Å². The Hall–Kier alpha value is -3.41. The zero-order valence-electron chi connectivity index (χ0n) is 48.8. The molecule has 1 unspecified atom stereocenters. The van der Waals surface area contributed by atoms with E-state index in [4.69, 9.17) is 14.2 Å². The van der Waals surface area contributed by atoms with Gasteiger partial charge in [-0.3, -0.25) is 14.4 Å². The molecule has 0 radical (unpaired) electrons. The van der Waals surface area contributed by atoms with Crippen molar-refractivity contribution >= 4 is 17.9 Å². The molecule has 0 aromatic rings. The van der Waals surface area contributed by atoms with E-state index in [0.29, 0.717) is 19.3 Å². The molecule has 0 aliphatic rings. The van der Waals surface area contributed by atoms with Gasteiger partial charge in [0, 0.05) is 19.3 Å². The number of carbonyl (C=O) groups is 3. The van der Waals surface area contributed by atoms with Crippen LogP contribution in [0.2, 0.25) is 0 Å². The summed E-state index contributed by atoms with van der Waals surface area (Å²) < 4.78 is 16.9. The molecule has 0 aromatic carbocycles. The van der Waals surface area contributed by atoms with Crippen LogP contribution in [0.25, 0.3) is 0 Å². The summed E-state index contributed by atoms with van der Waals surface area (Å²) in [6.07, 6.45) is 81.7. The van der Waals surface area contributed by atoms with Gasteiger partial charge >= 0.3 is 17.9 Å². The minimum Gasteiger partial charge on any atom is -0.462 e. The second-order valence-electron chi connectivity index (χ2n) is 20.9. The molecule has 74 heavy (non-hydrogen) atoms. The van der Waals surface area contributed by atoms with Gasteiger partial charge in [-0.1, -0.05) is 279 Å². The normalized spacial score (nSPS) is 12.6. The van der Waals surface area contributed by atoms with Crippen LogP contribution < -0.4 is 0 Å². The summed E-state index contributed by atoms with van der Waals surface area (Å²) in [4.78, 5) is 38.1. The van der Waals surface area contributed by atoms with Crippen molar-refractivity contribution in [3.63, 3.8) is 0 Å². The van der Waals surface area contributed by atoms with E-state index >= 15 is 0 Å². The Morgan fingerprint density at radius 3 is 0.838 bits per heavy atom. The summed E-state index contributed by atoms with van der Waals surface area (Å²) in [7, 11) is 0. The smallest absolute Gasteiger partial charge is 0.306 e. The van der Waals surface area contributed by atoms with Gasteiger partial charge in [-0.05, 0) is 96.3 Å². The van der Waals surface area contributed by atoms with Crippen LogP contribution in [-0.2, 0) is 28.6 Å². The van der Waals surface area contributed by atoms with Crippen LogP contribution in [0.5, 0.6) is 0 Å². The standard InChI is InChI=1S/C68H118O6/c1-4-7-10-13-16-19-21-23-25-27-28-29-30-31-32-33-34-35-36-37-38-39-40-41-43-44-46-49-52-55-58-61-67(70)73-64-65(63-72-66(69)60-57-54-51-48-18-15-12-9-6-3)74-68(71)62-59-56-53-50-47-45-42-26-24-22-20-17-14-11-8-5-2/h7,10,16,19,23,25-26,28-29,31-32,34-35,42,65H,4-6,8-9,11-15,17-18,20-22,24,27,30,33,36-41,43-64H2,1-3H3/b10-7-,19-16-,25-23-,29-28-,32-31-,35-34-,42-26-. The molecule has 0 aromatic heterocycles. The topological polar surface area (TPSA) is 78.9 Å². The lowest BCUT2D eigenvalue weighted by Gasteiger charge is -2.18. The maximum absolute atomic E-state index is 12.8. The highest BCUT2D eigenvalue weighted by atomic mass is 16.6. The Labute approximate surface area is 458 Å². The molecular formula is C68H118O6. The molecule has 0 N–H and O–H groups in total. The van der Waals surface area contributed by atoms with E-state index in [1.165, 1.54) is 167 Å². The highest BCUT2D eigenvalue weighted by molar-refractivity contribution is 5.71. The van der Waals surface area contributed by atoms with Crippen molar-refractivity contribution in [3.8, 4) is 0 Å². The molecular weight excluding hydrogens is 913 g/mol. The molecule has 0 heterocycles. The van der Waals surface area contributed by atoms with Gasteiger partial charge in [0.1, 0.15) is 13.2 Å². The molecule has 0 aliphatic carbocycles. The van der Waals surface area contributed by atoms with Crippen molar-refractivity contribution in [3.05, 3.63) is 85.1 Å². The Morgan fingerprint density at radius 1 is 0.284 bits per heavy atom. The predicted octanol–water partition coefficient (Wildman–Crippen LogP) is 21.5. The van der Waals surface area contributed by atoms with E-state index < -0.39 is 6.10 Å². The maximum Gasteiger partial charge on any atom is 0.306 e. The maximum atomic E-state index is 12.8. The van der Waals surface area contributed by atoms with Gasteiger partial charge in [0.25, 0.3) is 0 Å². The number of unbranched alkanes of at least 4 members (excludes halogenated alkanes) is 32. The first-order chi connectivity index (χ1) is 36.5. The van der Waals surface area contributed by atoms with Crippen molar-refractivity contribution in [2.45, 2.75) is 316 Å². The average molecular weight is 1030 g/mol. The molecule has 0 saturated heterocycles. The molecule has 0 rings (SSSR count). The van der Waals surface area contributed by atoms with Crippen LogP contribution >= 0.6 is 0 Å². The first-order valence-electron chi connectivity index (χ1n) is 31.6. The lowest BCUT2D eigenvalue weighted by molar-refractivity contribution is -0.167. The number of hydrogen-bond donors (Lipinski definition) is 0. The quantitative estimate of drug-likeness (QED) is 0.0261. The van der Waals surface area contributed by atoms with E-state index in [9.17, 15) is 14.4 Å². The molecule has 1 atom stereocenters. The van der Waals surface area contributed by atoms with Gasteiger partial charge in [-0.25, -0.2) is 0 Å². The second-order valence-corrected chi connectivity index (χ2v) is 20.9. The van der Waals surface area contributed by atoms with Crippen molar-refractivity contribution in [1.82, 2.24) is 0 Å². The molecule has 0 spiro atoms. The number of esters is 3. The molecule has 426 valence electrons. The number of allylic oxidation sites excluding steroid dienone is 14. The van der Waals surface area contributed by atoms with Crippen molar-refractivity contribution < 1.29 is 28.6 Å². The van der Waals surface area contributed by atoms with E-state index in [1.807, 2.05) is 0 Å². The van der Waals surface area contributed by atoms with Gasteiger partial charge in [0.2, 0.25) is 0 Å². The summed E-state index contributed by atoms with van der Waals surface area (Å²) in [6.45, 7) is 6.52. The first-order valence-corrected chi connectivity index (χ1v) is 31.6. The highest BCUT2D eigenvalue weighted by Crippen LogP contribution is 2.16. The van der Waals surface area contributed by atoms with E-state index in [2.05, 4.69) is 106 Å².